The molecule has 2 rings (SSSR count). The number of benzene rings is 2. The Morgan fingerprint density at radius 1 is 1.14 bits per heavy atom. The monoisotopic (exact) mass is 437 g/mol. The zero-order valence-electron chi connectivity index (χ0n) is 10.6. The number of thioether (sulfide) groups is 1. The molecule has 21 heavy (non-hydrogen) atoms. The number of hydrogen-bond acceptors (Lipinski definition) is 3. The van der Waals surface area contributed by atoms with E-state index in [1.165, 1.54) is 0 Å². The molecule has 0 aliphatic heterocycles. The van der Waals surface area contributed by atoms with Crippen LogP contribution in [0.25, 0.3) is 0 Å². The smallest absolute Gasteiger partial charge is 0.288 e. The quantitative estimate of drug-likeness (QED) is 0.574. The van der Waals surface area contributed by atoms with Gasteiger partial charge < -0.3 is 10.4 Å². The van der Waals surface area contributed by atoms with Gasteiger partial charge in [-0.15, -0.1) is 0 Å². The summed E-state index contributed by atoms with van der Waals surface area (Å²) in [5.74, 6) is -2.32. The number of para-hydroxylation sites is 1. The van der Waals surface area contributed by atoms with Crippen molar-refractivity contribution in [1.29, 1.82) is 0 Å². The molecule has 0 aliphatic rings. The predicted molar refractivity (Wildman–Crippen MR) is 89.1 cm³/mol. The number of alkyl halides is 2. The number of rotatable bonds is 5. The van der Waals surface area contributed by atoms with Gasteiger partial charge in [-0.3, -0.25) is 0 Å². The van der Waals surface area contributed by atoms with Crippen LogP contribution in [-0.2, 0) is 6.54 Å². The van der Waals surface area contributed by atoms with Gasteiger partial charge in [-0.05, 0) is 61.7 Å². The molecule has 0 radical (unpaired) electrons. The molecule has 2 aromatic rings. The van der Waals surface area contributed by atoms with E-state index in [0.29, 0.717) is 37.8 Å². The fourth-order valence-electron chi connectivity index (χ4n) is 1.73. The van der Waals surface area contributed by atoms with E-state index in [4.69, 9.17) is 0 Å². The van der Waals surface area contributed by atoms with E-state index in [-0.39, 0.29) is 5.75 Å². The summed E-state index contributed by atoms with van der Waals surface area (Å²) in [5.41, 5.74) is 1.56. The van der Waals surface area contributed by atoms with Crippen LogP contribution in [0.1, 0.15) is 5.56 Å². The van der Waals surface area contributed by atoms with Gasteiger partial charge in [0.15, 0.2) is 0 Å². The topological polar surface area (TPSA) is 32.3 Å². The third kappa shape index (κ3) is 4.59. The van der Waals surface area contributed by atoms with Gasteiger partial charge in [0, 0.05) is 17.1 Å². The van der Waals surface area contributed by atoms with Crippen molar-refractivity contribution in [2.75, 3.05) is 5.32 Å². The molecule has 2 aromatic carbocycles. The number of phenols is 1. The minimum Gasteiger partial charge on any atom is -0.506 e. The van der Waals surface area contributed by atoms with E-state index in [9.17, 15) is 13.9 Å². The lowest BCUT2D eigenvalue weighted by atomic mass is 10.2. The molecule has 2 N–H and O–H groups in total. The molecule has 0 aliphatic carbocycles. The van der Waals surface area contributed by atoms with Crippen molar-refractivity contribution in [3.63, 3.8) is 0 Å². The molecule has 0 saturated carbocycles. The number of nitrogens with one attached hydrogen (secondary N) is 1. The van der Waals surface area contributed by atoms with Gasteiger partial charge >= 0.3 is 0 Å². The first-order valence-corrected chi connectivity index (χ1v) is 8.38. The van der Waals surface area contributed by atoms with Crippen molar-refractivity contribution >= 4 is 49.3 Å². The number of phenolic OH excluding ortho intramolecular Hbond substituents is 1. The summed E-state index contributed by atoms with van der Waals surface area (Å²) in [6.45, 7) is 0.457. The predicted octanol–water partition coefficient (Wildman–Crippen LogP) is 5.84. The second kappa shape index (κ2) is 7.47. The summed E-state index contributed by atoms with van der Waals surface area (Å²) in [4.78, 5) is 0.504. The van der Waals surface area contributed by atoms with Gasteiger partial charge in [0.05, 0.1) is 8.95 Å². The fraction of sp³-hybridized carbons (Fsp3) is 0.143. The van der Waals surface area contributed by atoms with Crippen LogP contribution in [0.4, 0.5) is 14.5 Å². The van der Waals surface area contributed by atoms with E-state index in [1.54, 1.807) is 36.4 Å². The lowest BCUT2D eigenvalue weighted by Gasteiger charge is -2.12. The molecule has 112 valence electrons. The Balaban J connectivity index is 2.13. The van der Waals surface area contributed by atoms with Crippen molar-refractivity contribution in [3.05, 3.63) is 50.9 Å². The number of halogens is 4. The fourth-order valence-corrected chi connectivity index (χ4v) is 3.63. The molecule has 0 aromatic heterocycles. The summed E-state index contributed by atoms with van der Waals surface area (Å²) < 4.78 is 26.2. The first kappa shape index (κ1) is 16.6. The molecule has 7 heteroatoms. The van der Waals surface area contributed by atoms with Crippen LogP contribution in [0, 0.1) is 0 Å². The summed E-state index contributed by atoms with van der Waals surface area (Å²) in [6.07, 6.45) is 0. The number of aromatic hydroxyl groups is 1. The van der Waals surface area contributed by atoms with E-state index >= 15 is 0 Å². The van der Waals surface area contributed by atoms with E-state index in [2.05, 4.69) is 37.2 Å². The molecule has 0 unspecified atom stereocenters. The van der Waals surface area contributed by atoms with Crippen molar-refractivity contribution in [2.24, 2.45) is 0 Å². The molecule has 0 bridgehead atoms. The van der Waals surface area contributed by atoms with E-state index in [0.717, 1.165) is 5.56 Å². The van der Waals surface area contributed by atoms with Crippen molar-refractivity contribution < 1.29 is 13.9 Å². The Labute approximate surface area is 142 Å². The lowest BCUT2D eigenvalue weighted by molar-refractivity contribution is 0.252. The molecular formula is C14H11Br2F2NOS. The molecule has 0 fully saturated rings. The minimum absolute atomic E-state index is 0.132. The highest BCUT2D eigenvalue weighted by Crippen LogP contribution is 2.35. The molecule has 0 atom stereocenters. The van der Waals surface area contributed by atoms with E-state index < -0.39 is 5.76 Å². The second-order valence-electron chi connectivity index (χ2n) is 4.14. The molecule has 2 nitrogen and oxygen atoms in total. The molecule has 0 heterocycles. The third-order valence-corrected chi connectivity index (χ3v) is 4.66. The maximum Gasteiger partial charge on any atom is 0.288 e. The zero-order valence-corrected chi connectivity index (χ0v) is 14.6. The normalized spacial score (nSPS) is 10.9. The highest BCUT2D eigenvalue weighted by Gasteiger charge is 2.10. The summed E-state index contributed by atoms with van der Waals surface area (Å²) in [6, 6.07) is 10.5. The minimum atomic E-state index is -2.45. The van der Waals surface area contributed by atoms with Crippen LogP contribution in [0.15, 0.2) is 50.2 Å². The number of hydrogen-bond donors (Lipinski definition) is 2. The first-order valence-electron chi connectivity index (χ1n) is 5.92. The van der Waals surface area contributed by atoms with Crippen molar-refractivity contribution in [2.45, 2.75) is 17.2 Å². The van der Waals surface area contributed by atoms with Crippen molar-refractivity contribution in [3.8, 4) is 5.75 Å². The van der Waals surface area contributed by atoms with Crippen LogP contribution in [0.5, 0.6) is 5.75 Å². The van der Waals surface area contributed by atoms with Gasteiger partial charge in [-0.1, -0.05) is 23.9 Å². The van der Waals surface area contributed by atoms with Crippen molar-refractivity contribution in [1.82, 2.24) is 0 Å². The van der Waals surface area contributed by atoms with Crippen LogP contribution < -0.4 is 5.32 Å². The average Bonchev–Trinajstić information content (AvgIpc) is 2.43. The highest BCUT2D eigenvalue weighted by molar-refractivity contribution is 9.11. The second-order valence-corrected chi connectivity index (χ2v) is 6.88. The summed E-state index contributed by atoms with van der Waals surface area (Å²) in [7, 11) is 0. The van der Waals surface area contributed by atoms with Crippen LogP contribution in [0.3, 0.4) is 0 Å². The summed E-state index contributed by atoms with van der Waals surface area (Å²) in [5, 5.41) is 12.8. The first-order chi connectivity index (χ1) is 9.97. The van der Waals surface area contributed by atoms with Gasteiger partial charge in [-0.25, -0.2) is 0 Å². The Bertz CT molecular complexity index is 617. The zero-order chi connectivity index (χ0) is 15.4. The Morgan fingerprint density at radius 2 is 1.76 bits per heavy atom. The molecule has 0 spiro atoms. The SMILES string of the molecule is Oc1c(Br)cc(CNc2ccccc2SC(F)F)cc1Br. The Hall–Kier alpha value is -0.790. The summed E-state index contributed by atoms with van der Waals surface area (Å²) >= 11 is 7.03. The molecular weight excluding hydrogens is 428 g/mol. The van der Waals surface area contributed by atoms with Crippen LogP contribution >= 0.6 is 43.6 Å². The Morgan fingerprint density at radius 3 is 2.38 bits per heavy atom. The number of anilines is 1. The highest BCUT2D eigenvalue weighted by atomic mass is 79.9. The van der Waals surface area contributed by atoms with Crippen LogP contribution in [-0.4, -0.2) is 10.9 Å². The van der Waals surface area contributed by atoms with Gasteiger partial charge in [0.25, 0.3) is 5.76 Å². The maximum absolute atomic E-state index is 12.5. The Kier molecular flexibility index (Phi) is 5.89. The standard InChI is InChI=1S/C14H11Br2F2NOS/c15-9-5-8(6-10(16)13(9)20)7-19-11-3-1-2-4-12(11)21-14(17)18/h1-6,14,19-20H,7H2. The van der Waals surface area contributed by atoms with Gasteiger partial charge in [0.1, 0.15) is 5.75 Å². The largest absolute Gasteiger partial charge is 0.506 e. The van der Waals surface area contributed by atoms with Gasteiger partial charge in [-0.2, -0.15) is 8.78 Å². The lowest BCUT2D eigenvalue weighted by Crippen LogP contribution is -2.01. The van der Waals surface area contributed by atoms with E-state index in [1.807, 2.05) is 0 Å². The molecule has 0 saturated heterocycles. The average molecular weight is 439 g/mol. The van der Waals surface area contributed by atoms with Gasteiger partial charge in [0.2, 0.25) is 0 Å². The third-order valence-electron chi connectivity index (χ3n) is 2.66. The van der Waals surface area contributed by atoms with Crippen LogP contribution in [0.2, 0.25) is 0 Å². The maximum atomic E-state index is 12.5. The molecule has 0 amide bonds.